The van der Waals surface area contributed by atoms with Gasteiger partial charge in [-0.25, -0.2) is 0 Å². The van der Waals surface area contributed by atoms with Crippen LogP contribution in [-0.4, -0.2) is 35.9 Å². The maximum Gasteiger partial charge on any atom is 0.323 e. The number of Topliss-reactive ketones (excluding diaryl/α,β-unsaturated/α-hetero) is 1. The molecule has 0 aromatic heterocycles. The van der Waals surface area contributed by atoms with Crippen molar-refractivity contribution >= 4 is 18.0 Å². The minimum atomic E-state index is -0.805. The molecule has 0 saturated heterocycles. The first-order valence-corrected chi connectivity index (χ1v) is 3.65. The van der Waals surface area contributed by atoms with Crippen LogP contribution in [0.2, 0.25) is 0 Å². The van der Waals surface area contributed by atoms with Gasteiger partial charge in [-0.15, -0.1) is 0 Å². The van der Waals surface area contributed by atoms with E-state index in [1.54, 1.807) is 0 Å². The number of ketones is 1. The molecule has 0 spiro atoms. The number of nitrogens with zero attached hydrogens (tertiary/aromatic N) is 2. The second-order valence-corrected chi connectivity index (χ2v) is 2.38. The Morgan fingerprint density at radius 1 is 1.69 bits per heavy atom. The van der Waals surface area contributed by atoms with Gasteiger partial charge in [-0.05, 0) is 6.42 Å². The molecule has 0 bridgehead atoms. The van der Waals surface area contributed by atoms with Gasteiger partial charge in [0, 0.05) is 6.42 Å². The highest BCUT2D eigenvalue weighted by atomic mass is 16.5. The van der Waals surface area contributed by atoms with Crippen LogP contribution in [0.25, 0.3) is 5.53 Å². The number of methoxy groups -OCH3 is 1. The number of carbonyl (C=O) groups excluding carboxylic acids is 2. The molecule has 13 heavy (non-hydrogen) atoms. The van der Waals surface area contributed by atoms with Crippen LogP contribution >= 0.6 is 0 Å². The van der Waals surface area contributed by atoms with Crippen LogP contribution in [0.1, 0.15) is 12.8 Å². The van der Waals surface area contributed by atoms with Gasteiger partial charge in [0.15, 0.2) is 0 Å². The summed E-state index contributed by atoms with van der Waals surface area (Å²) in [5, 5.41) is 0. The highest BCUT2D eigenvalue weighted by Crippen LogP contribution is 1.96. The van der Waals surface area contributed by atoms with Crippen LogP contribution in [0.3, 0.4) is 0 Å². The molecule has 0 unspecified atom stereocenters. The van der Waals surface area contributed by atoms with Crippen molar-refractivity contribution in [3.05, 3.63) is 5.53 Å². The van der Waals surface area contributed by atoms with Gasteiger partial charge < -0.3 is 16.0 Å². The van der Waals surface area contributed by atoms with E-state index in [1.807, 2.05) is 0 Å². The number of rotatable bonds is 5. The Bertz CT molecular complexity index is 245. The van der Waals surface area contributed by atoms with Crippen LogP contribution in [-0.2, 0) is 14.3 Å². The van der Waals surface area contributed by atoms with E-state index in [-0.39, 0.29) is 18.6 Å². The molecule has 0 amide bonds. The fraction of sp³-hybridized carbons (Fsp3) is 0.571. The third-order valence-corrected chi connectivity index (χ3v) is 1.41. The number of hydrogen-bond donors (Lipinski definition) is 1. The van der Waals surface area contributed by atoms with Crippen molar-refractivity contribution in [3.8, 4) is 0 Å². The lowest BCUT2D eigenvalue weighted by Crippen LogP contribution is -2.32. The Balaban J connectivity index is 3.82. The second-order valence-electron chi connectivity index (χ2n) is 2.38. The van der Waals surface area contributed by atoms with Gasteiger partial charge >= 0.3 is 12.2 Å². The third kappa shape index (κ3) is 4.84. The average Bonchev–Trinajstić information content (AvgIpc) is 2.13. The third-order valence-electron chi connectivity index (χ3n) is 1.41. The fourth-order valence-electron chi connectivity index (χ4n) is 0.696. The smallest absolute Gasteiger partial charge is 0.323 e. The van der Waals surface area contributed by atoms with Gasteiger partial charge in [0.25, 0.3) is 0 Å². The van der Waals surface area contributed by atoms with Crippen LogP contribution in [0.15, 0.2) is 0 Å². The van der Waals surface area contributed by atoms with Gasteiger partial charge in [-0.3, -0.25) is 9.59 Å². The minimum absolute atomic E-state index is 0.0559. The van der Waals surface area contributed by atoms with E-state index in [0.717, 1.165) is 6.21 Å². The molecule has 0 aromatic rings. The van der Waals surface area contributed by atoms with Crippen molar-refractivity contribution < 1.29 is 19.1 Å². The fourth-order valence-corrected chi connectivity index (χ4v) is 0.696. The highest BCUT2D eigenvalue weighted by Gasteiger charge is 2.15. The maximum atomic E-state index is 10.7. The van der Waals surface area contributed by atoms with Crippen molar-refractivity contribution in [3.63, 3.8) is 0 Å². The standard InChI is InChI=1S/C7H11N3O3/c1-13-7(12)6(8)3-2-5(11)4-10-9/h4,6H,2-3,8H2,1H3/t6-/m0/s1. The SMILES string of the molecule is COC(=O)[C@@H](N)CCC(=O)C=[N+]=[N-]. The van der Waals surface area contributed by atoms with E-state index in [0.29, 0.717) is 0 Å². The van der Waals surface area contributed by atoms with E-state index >= 15 is 0 Å². The molecule has 0 rings (SSSR count). The summed E-state index contributed by atoms with van der Waals surface area (Å²) in [6.07, 6.45) is 1.00. The zero-order valence-corrected chi connectivity index (χ0v) is 7.27. The number of ether oxygens (including phenoxy) is 1. The Morgan fingerprint density at radius 2 is 2.31 bits per heavy atom. The van der Waals surface area contributed by atoms with Gasteiger partial charge in [-0.1, -0.05) is 0 Å². The molecule has 6 nitrogen and oxygen atoms in total. The topological polar surface area (TPSA) is 106 Å². The first-order chi connectivity index (χ1) is 6.11. The van der Waals surface area contributed by atoms with Gasteiger partial charge in [0.2, 0.25) is 5.78 Å². The predicted octanol–water partition coefficient (Wildman–Crippen LogP) is -0.863. The van der Waals surface area contributed by atoms with Crippen LogP contribution in [0.4, 0.5) is 0 Å². The summed E-state index contributed by atoms with van der Waals surface area (Å²) in [6.45, 7) is 0. The average molecular weight is 185 g/mol. The van der Waals surface area contributed by atoms with Crippen molar-refractivity contribution in [2.24, 2.45) is 5.73 Å². The van der Waals surface area contributed by atoms with Crippen LogP contribution in [0, 0.1) is 0 Å². The quantitative estimate of drug-likeness (QED) is 0.260. The molecular weight excluding hydrogens is 174 g/mol. The molecule has 0 heterocycles. The van der Waals surface area contributed by atoms with E-state index < -0.39 is 12.0 Å². The normalized spacial score (nSPS) is 11.2. The number of carbonyl (C=O) groups is 2. The summed E-state index contributed by atoms with van der Waals surface area (Å²) in [5.41, 5.74) is 13.3. The molecule has 2 N–H and O–H groups in total. The summed E-state index contributed by atoms with van der Waals surface area (Å²) in [7, 11) is 1.22. The van der Waals surface area contributed by atoms with E-state index in [2.05, 4.69) is 9.53 Å². The van der Waals surface area contributed by atoms with Crippen LogP contribution in [0.5, 0.6) is 0 Å². The Labute approximate surface area is 75.3 Å². The van der Waals surface area contributed by atoms with E-state index in [1.165, 1.54) is 7.11 Å². The summed E-state index contributed by atoms with van der Waals surface area (Å²) < 4.78 is 4.35. The monoisotopic (exact) mass is 185 g/mol. The van der Waals surface area contributed by atoms with Gasteiger partial charge in [-0.2, -0.15) is 4.79 Å². The molecule has 0 aliphatic rings. The lowest BCUT2D eigenvalue weighted by atomic mass is 10.1. The lowest BCUT2D eigenvalue weighted by Gasteiger charge is -2.05. The maximum absolute atomic E-state index is 10.7. The van der Waals surface area contributed by atoms with Gasteiger partial charge in [0.1, 0.15) is 6.04 Å². The summed E-state index contributed by atoms with van der Waals surface area (Å²) in [4.78, 5) is 24.0. The van der Waals surface area contributed by atoms with E-state index in [9.17, 15) is 9.59 Å². The molecule has 0 saturated carbocycles. The number of hydrogen-bond acceptors (Lipinski definition) is 4. The minimum Gasteiger partial charge on any atom is -0.468 e. The zero-order valence-electron chi connectivity index (χ0n) is 7.27. The molecule has 72 valence electrons. The van der Waals surface area contributed by atoms with Crippen molar-refractivity contribution in [1.82, 2.24) is 0 Å². The Hall–Kier alpha value is -1.52. The largest absolute Gasteiger partial charge is 0.468 e. The van der Waals surface area contributed by atoms with Crippen molar-refractivity contribution in [2.75, 3.05) is 7.11 Å². The van der Waals surface area contributed by atoms with Gasteiger partial charge in [0.05, 0.1) is 7.11 Å². The van der Waals surface area contributed by atoms with E-state index in [4.69, 9.17) is 11.3 Å². The summed E-state index contributed by atoms with van der Waals surface area (Å²) >= 11 is 0. The molecule has 6 heteroatoms. The zero-order chi connectivity index (χ0) is 10.3. The molecule has 1 atom stereocenters. The Morgan fingerprint density at radius 3 is 2.77 bits per heavy atom. The molecular formula is C7H11N3O3. The van der Waals surface area contributed by atoms with Crippen molar-refractivity contribution in [1.29, 1.82) is 0 Å². The molecule has 0 aliphatic carbocycles. The number of nitrogens with two attached hydrogens (primary N) is 1. The van der Waals surface area contributed by atoms with Crippen molar-refractivity contribution in [2.45, 2.75) is 18.9 Å². The molecule has 0 aliphatic heterocycles. The first-order valence-electron chi connectivity index (χ1n) is 3.65. The molecule has 0 aromatic carbocycles. The summed E-state index contributed by atoms with van der Waals surface area (Å²) in [6, 6.07) is -0.805. The van der Waals surface area contributed by atoms with Crippen LogP contribution < -0.4 is 5.73 Å². The second kappa shape index (κ2) is 6.05. The molecule has 0 fully saturated rings. The summed E-state index contributed by atoms with van der Waals surface area (Å²) in [5.74, 6) is -0.949. The highest BCUT2D eigenvalue weighted by molar-refractivity contribution is 6.25. The Kier molecular flexibility index (Phi) is 5.34. The lowest BCUT2D eigenvalue weighted by molar-refractivity contribution is -0.142. The predicted molar refractivity (Wildman–Crippen MR) is 43.9 cm³/mol. The number of esters is 1. The first kappa shape index (κ1) is 11.5. The molecule has 0 radical (unpaired) electrons.